The van der Waals surface area contributed by atoms with Crippen LogP contribution in [0.1, 0.15) is 15.4 Å². The molecule has 0 aliphatic heterocycles. The van der Waals surface area contributed by atoms with E-state index < -0.39 is 5.97 Å². The summed E-state index contributed by atoms with van der Waals surface area (Å²) in [4.78, 5) is 14.9. The van der Waals surface area contributed by atoms with Gasteiger partial charge in [0.2, 0.25) is 0 Å². The molecular weight excluding hydrogens is 236 g/mol. The summed E-state index contributed by atoms with van der Waals surface area (Å²) in [6.07, 6.45) is 0. The number of thiazole rings is 1. The Balaban J connectivity index is 0.00000112. The number of carboxylic acid groups (broad SMARTS) is 1. The zero-order valence-electron chi connectivity index (χ0n) is 7.64. The molecule has 0 atom stereocenters. The van der Waals surface area contributed by atoms with E-state index in [1.54, 1.807) is 18.2 Å². The Labute approximate surface area is 96.2 Å². The van der Waals surface area contributed by atoms with Gasteiger partial charge in [-0.05, 0) is 18.2 Å². The molecule has 0 aliphatic rings. The fourth-order valence-electron chi connectivity index (χ4n) is 1.19. The van der Waals surface area contributed by atoms with Gasteiger partial charge in [0.05, 0.1) is 15.8 Å². The predicted molar refractivity (Wildman–Crippen MR) is 61.7 cm³/mol. The van der Waals surface area contributed by atoms with Gasteiger partial charge in [0.25, 0.3) is 0 Å². The SMILES string of the molecule is Cl.NCc1nc2ccc(C(=O)O)cc2s1. The van der Waals surface area contributed by atoms with Crippen LogP contribution in [0, 0.1) is 0 Å². The molecular formula is C9H9ClN2O2S. The third kappa shape index (κ3) is 2.26. The van der Waals surface area contributed by atoms with Crippen molar-refractivity contribution in [3.63, 3.8) is 0 Å². The van der Waals surface area contributed by atoms with Crippen molar-refractivity contribution in [2.75, 3.05) is 0 Å². The van der Waals surface area contributed by atoms with Crippen molar-refractivity contribution >= 4 is 39.9 Å². The number of nitrogens with zero attached hydrogens (tertiary/aromatic N) is 1. The average Bonchev–Trinajstić information content (AvgIpc) is 2.58. The number of aromatic nitrogens is 1. The van der Waals surface area contributed by atoms with Crippen LogP contribution in [0.2, 0.25) is 0 Å². The zero-order valence-corrected chi connectivity index (χ0v) is 9.27. The number of nitrogens with two attached hydrogens (primary N) is 1. The van der Waals surface area contributed by atoms with E-state index in [0.29, 0.717) is 6.54 Å². The van der Waals surface area contributed by atoms with Crippen molar-refractivity contribution in [3.8, 4) is 0 Å². The quantitative estimate of drug-likeness (QED) is 0.846. The summed E-state index contributed by atoms with van der Waals surface area (Å²) >= 11 is 1.43. The molecule has 2 rings (SSSR count). The van der Waals surface area contributed by atoms with Crippen molar-refractivity contribution in [3.05, 3.63) is 28.8 Å². The Morgan fingerprint density at radius 2 is 2.27 bits per heavy atom. The summed E-state index contributed by atoms with van der Waals surface area (Å²) in [6, 6.07) is 4.87. The third-order valence-electron chi connectivity index (χ3n) is 1.85. The van der Waals surface area contributed by atoms with Gasteiger partial charge in [0.1, 0.15) is 5.01 Å². The van der Waals surface area contributed by atoms with Crippen LogP contribution in [0.3, 0.4) is 0 Å². The molecule has 0 radical (unpaired) electrons. The second-order valence-electron chi connectivity index (χ2n) is 2.80. The van der Waals surface area contributed by atoms with Crippen molar-refractivity contribution in [1.29, 1.82) is 0 Å². The van der Waals surface area contributed by atoms with E-state index in [1.807, 2.05) is 0 Å². The number of fused-ring (bicyclic) bond motifs is 1. The van der Waals surface area contributed by atoms with Crippen molar-refractivity contribution in [2.45, 2.75) is 6.54 Å². The summed E-state index contributed by atoms with van der Waals surface area (Å²) in [6.45, 7) is 0.391. The zero-order chi connectivity index (χ0) is 10.1. The second-order valence-corrected chi connectivity index (χ2v) is 3.91. The van der Waals surface area contributed by atoms with E-state index in [0.717, 1.165) is 15.2 Å². The number of aromatic carboxylic acids is 1. The second kappa shape index (κ2) is 4.57. The highest BCUT2D eigenvalue weighted by molar-refractivity contribution is 7.18. The van der Waals surface area contributed by atoms with Crippen LogP contribution in [0.15, 0.2) is 18.2 Å². The summed E-state index contributed by atoms with van der Waals surface area (Å²) in [5.41, 5.74) is 6.53. The molecule has 3 N–H and O–H groups in total. The first-order chi connectivity index (χ1) is 6.70. The van der Waals surface area contributed by atoms with Gasteiger partial charge in [-0.3, -0.25) is 0 Å². The Bertz CT molecular complexity index is 498. The van der Waals surface area contributed by atoms with Gasteiger partial charge in [-0.2, -0.15) is 0 Å². The lowest BCUT2D eigenvalue weighted by atomic mass is 10.2. The number of carbonyl (C=O) groups is 1. The standard InChI is InChI=1S/C9H8N2O2S.ClH/c10-4-8-11-6-2-1-5(9(12)13)3-7(6)14-8;/h1-3H,4,10H2,(H,12,13);1H. The largest absolute Gasteiger partial charge is 0.478 e. The van der Waals surface area contributed by atoms with Crippen LogP contribution in [-0.4, -0.2) is 16.1 Å². The maximum atomic E-state index is 10.7. The number of hydrogen-bond acceptors (Lipinski definition) is 4. The fourth-order valence-corrected chi connectivity index (χ4v) is 2.08. The summed E-state index contributed by atoms with van der Waals surface area (Å²) in [5, 5.41) is 9.59. The lowest BCUT2D eigenvalue weighted by molar-refractivity contribution is 0.0697. The minimum absolute atomic E-state index is 0. The number of halogens is 1. The van der Waals surface area contributed by atoms with Crippen LogP contribution in [0.4, 0.5) is 0 Å². The van der Waals surface area contributed by atoms with Crippen LogP contribution in [0.5, 0.6) is 0 Å². The number of benzene rings is 1. The first-order valence-corrected chi connectivity index (χ1v) is 4.85. The Morgan fingerprint density at radius 3 is 2.87 bits per heavy atom. The van der Waals surface area contributed by atoms with Crippen LogP contribution < -0.4 is 5.73 Å². The monoisotopic (exact) mass is 244 g/mol. The molecule has 0 spiro atoms. The van der Waals surface area contributed by atoms with Gasteiger partial charge in [-0.15, -0.1) is 23.7 Å². The Morgan fingerprint density at radius 1 is 1.53 bits per heavy atom. The number of carboxylic acids is 1. The number of rotatable bonds is 2. The first-order valence-electron chi connectivity index (χ1n) is 4.03. The Hall–Kier alpha value is -1.17. The molecule has 80 valence electrons. The van der Waals surface area contributed by atoms with Crippen LogP contribution >= 0.6 is 23.7 Å². The molecule has 1 aromatic heterocycles. The van der Waals surface area contributed by atoms with E-state index in [-0.39, 0.29) is 18.0 Å². The first kappa shape index (κ1) is 11.9. The lowest BCUT2D eigenvalue weighted by Gasteiger charge is -1.91. The van der Waals surface area contributed by atoms with Gasteiger partial charge < -0.3 is 10.8 Å². The summed E-state index contributed by atoms with van der Waals surface area (Å²) in [7, 11) is 0. The smallest absolute Gasteiger partial charge is 0.335 e. The normalized spacial score (nSPS) is 9.93. The van der Waals surface area contributed by atoms with E-state index >= 15 is 0 Å². The maximum Gasteiger partial charge on any atom is 0.335 e. The van der Waals surface area contributed by atoms with Gasteiger partial charge in [0, 0.05) is 6.54 Å². The van der Waals surface area contributed by atoms with Gasteiger partial charge in [0.15, 0.2) is 0 Å². The average molecular weight is 245 g/mol. The minimum atomic E-state index is -0.922. The summed E-state index contributed by atoms with van der Waals surface area (Å²) in [5.74, 6) is -0.922. The highest BCUT2D eigenvalue weighted by atomic mass is 35.5. The molecule has 0 saturated carbocycles. The molecule has 1 heterocycles. The molecule has 6 heteroatoms. The molecule has 0 fully saturated rings. The van der Waals surface area contributed by atoms with Gasteiger partial charge in [-0.1, -0.05) is 0 Å². The van der Waals surface area contributed by atoms with E-state index in [9.17, 15) is 4.79 Å². The molecule has 0 amide bonds. The predicted octanol–water partition coefficient (Wildman–Crippen LogP) is 1.88. The third-order valence-corrected chi connectivity index (χ3v) is 2.89. The van der Waals surface area contributed by atoms with Crippen LogP contribution in [-0.2, 0) is 6.54 Å². The fraction of sp³-hybridized carbons (Fsp3) is 0.111. The van der Waals surface area contributed by atoms with Gasteiger partial charge in [-0.25, -0.2) is 9.78 Å². The summed E-state index contributed by atoms with van der Waals surface area (Å²) < 4.78 is 0.866. The van der Waals surface area contributed by atoms with Crippen molar-refractivity contribution in [1.82, 2.24) is 4.98 Å². The molecule has 2 aromatic rings. The van der Waals surface area contributed by atoms with E-state index in [2.05, 4.69) is 4.98 Å². The van der Waals surface area contributed by atoms with Crippen molar-refractivity contribution in [2.24, 2.45) is 5.73 Å². The highest BCUT2D eigenvalue weighted by Crippen LogP contribution is 2.22. The van der Waals surface area contributed by atoms with Crippen LogP contribution in [0.25, 0.3) is 10.2 Å². The molecule has 4 nitrogen and oxygen atoms in total. The Kier molecular flexibility index (Phi) is 3.62. The highest BCUT2D eigenvalue weighted by Gasteiger charge is 2.06. The molecule has 15 heavy (non-hydrogen) atoms. The molecule has 0 saturated heterocycles. The maximum absolute atomic E-state index is 10.7. The molecule has 0 bridgehead atoms. The lowest BCUT2D eigenvalue weighted by Crippen LogP contribution is -1.94. The van der Waals surface area contributed by atoms with E-state index in [1.165, 1.54) is 11.3 Å². The molecule has 1 aromatic carbocycles. The number of hydrogen-bond donors (Lipinski definition) is 2. The van der Waals surface area contributed by atoms with E-state index in [4.69, 9.17) is 10.8 Å². The van der Waals surface area contributed by atoms with Gasteiger partial charge >= 0.3 is 5.97 Å². The molecule has 0 unspecified atom stereocenters. The topological polar surface area (TPSA) is 76.2 Å². The van der Waals surface area contributed by atoms with Crippen molar-refractivity contribution < 1.29 is 9.90 Å². The minimum Gasteiger partial charge on any atom is -0.478 e. The molecule has 0 aliphatic carbocycles.